The van der Waals surface area contributed by atoms with Gasteiger partial charge in [0.2, 0.25) is 5.91 Å². The number of halogens is 3. The van der Waals surface area contributed by atoms with Gasteiger partial charge < -0.3 is 10.6 Å². The first-order valence-electron chi connectivity index (χ1n) is 6.44. The molecule has 1 aliphatic rings. The van der Waals surface area contributed by atoms with E-state index in [-0.39, 0.29) is 24.9 Å². The molecule has 1 atom stereocenters. The first kappa shape index (κ1) is 16.9. The summed E-state index contributed by atoms with van der Waals surface area (Å²) in [6.07, 6.45) is 1.80. The second-order valence-corrected chi connectivity index (χ2v) is 5.27. The fraction of sp³-hybridized carbons (Fsp3) is 0.500. The second-order valence-electron chi connectivity index (χ2n) is 5.27. The summed E-state index contributed by atoms with van der Waals surface area (Å²) in [4.78, 5) is 12.1. The van der Waals surface area contributed by atoms with E-state index >= 15 is 0 Å². The van der Waals surface area contributed by atoms with Crippen LogP contribution in [0.4, 0.5) is 8.78 Å². The predicted molar refractivity (Wildman–Crippen MR) is 75.7 cm³/mol. The van der Waals surface area contributed by atoms with Gasteiger partial charge in [-0.05, 0) is 44.0 Å². The van der Waals surface area contributed by atoms with Crippen molar-refractivity contribution in [1.29, 1.82) is 0 Å². The van der Waals surface area contributed by atoms with Gasteiger partial charge in [-0.1, -0.05) is 6.07 Å². The lowest BCUT2D eigenvalue weighted by Crippen LogP contribution is -2.48. The lowest BCUT2D eigenvalue weighted by Gasteiger charge is -2.32. The smallest absolute Gasteiger partial charge is 0.227 e. The van der Waals surface area contributed by atoms with Crippen LogP contribution in [-0.2, 0) is 11.3 Å². The van der Waals surface area contributed by atoms with Gasteiger partial charge in [0.05, 0.1) is 5.41 Å². The van der Waals surface area contributed by atoms with Crippen LogP contribution in [0.25, 0.3) is 0 Å². The van der Waals surface area contributed by atoms with E-state index in [1.54, 1.807) is 0 Å². The summed E-state index contributed by atoms with van der Waals surface area (Å²) in [5, 5.41) is 5.99. The van der Waals surface area contributed by atoms with Crippen molar-refractivity contribution in [1.82, 2.24) is 10.6 Å². The molecular weight excluding hydrogens is 286 g/mol. The van der Waals surface area contributed by atoms with Crippen LogP contribution in [0.15, 0.2) is 18.2 Å². The summed E-state index contributed by atoms with van der Waals surface area (Å²) in [5.74, 6) is -1.82. The molecule has 0 radical (unpaired) electrons. The van der Waals surface area contributed by atoms with Crippen molar-refractivity contribution in [3.05, 3.63) is 35.4 Å². The number of rotatable bonds is 3. The first-order chi connectivity index (χ1) is 9.01. The molecule has 0 spiro atoms. The van der Waals surface area contributed by atoms with Crippen molar-refractivity contribution in [2.75, 3.05) is 13.1 Å². The van der Waals surface area contributed by atoms with Crippen molar-refractivity contribution in [2.24, 2.45) is 5.41 Å². The molecule has 6 heteroatoms. The van der Waals surface area contributed by atoms with E-state index < -0.39 is 17.0 Å². The molecule has 3 nitrogen and oxygen atoms in total. The van der Waals surface area contributed by atoms with E-state index in [1.165, 1.54) is 6.07 Å². The minimum atomic E-state index is -0.891. The third kappa shape index (κ3) is 3.90. The highest BCUT2D eigenvalue weighted by Crippen LogP contribution is 2.25. The molecule has 0 saturated carbocycles. The van der Waals surface area contributed by atoms with Gasteiger partial charge in [-0.25, -0.2) is 8.78 Å². The maximum Gasteiger partial charge on any atom is 0.227 e. The molecule has 1 heterocycles. The Morgan fingerprint density at radius 2 is 2.15 bits per heavy atom. The highest BCUT2D eigenvalue weighted by molar-refractivity contribution is 5.85. The Balaban J connectivity index is 0.00000200. The van der Waals surface area contributed by atoms with E-state index in [1.807, 2.05) is 6.92 Å². The molecular formula is C14H19ClF2N2O. The van der Waals surface area contributed by atoms with Gasteiger partial charge in [0, 0.05) is 13.1 Å². The Hall–Kier alpha value is -1.20. The van der Waals surface area contributed by atoms with Crippen LogP contribution in [0.1, 0.15) is 25.3 Å². The number of benzene rings is 1. The Bertz CT molecular complexity index is 476. The van der Waals surface area contributed by atoms with Crippen molar-refractivity contribution in [3.63, 3.8) is 0 Å². The number of nitrogens with one attached hydrogen (secondary N) is 2. The number of carbonyl (C=O) groups is 1. The van der Waals surface area contributed by atoms with Crippen molar-refractivity contribution < 1.29 is 13.6 Å². The predicted octanol–water partition coefficient (Wildman–Crippen LogP) is 2.39. The number of carbonyl (C=O) groups excluding carboxylic acids is 1. The normalized spacial score (nSPS) is 21.9. The van der Waals surface area contributed by atoms with Gasteiger partial charge in [0.15, 0.2) is 11.6 Å². The van der Waals surface area contributed by atoms with Crippen LogP contribution in [0.2, 0.25) is 0 Å². The molecule has 112 valence electrons. The summed E-state index contributed by atoms with van der Waals surface area (Å²) >= 11 is 0. The molecule has 1 unspecified atom stereocenters. The lowest BCUT2D eigenvalue weighted by molar-refractivity contribution is -0.131. The summed E-state index contributed by atoms with van der Waals surface area (Å²) in [6.45, 7) is 3.72. The number of hydrogen-bond acceptors (Lipinski definition) is 2. The average Bonchev–Trinajstić information content (AvgIpc) is 2.40. The molecule has 1 aliphatic heterocycles. The van der Waals surface area contributed by atoms with Crippen molar-refractivity contribution in [2.45, 2.75) is 26.3 Å². The minimum absolute atomic E-state index is 0. The summed E-state index contributed by atoms with van der Waals surface area (Å²) in [5.41, 5.74) is 0.135. The maximum absolute atomic E-state index is 13.0. The Morgan fingerprint density at radius 1 is 1.40 bits per heavy atom. The highest BCUT2D eigenvalue weighted by Gasteiger charge is 2.34. The number of piperidine rings is 1. The van der Waals surface area contributed by atoms with E-state index in [9.17, 15) is 13.6 Å². The molecule has 1 saturated heterocycles. The van der Waals surface area contributed by atoms with Crippen LogP contribution < -0.4 is 10.6 Å². The molecule has 0 aliphatic carbocycles. The summed E-state index contributed by atoms with van der Waals surface area (Å²) in [7, 11) is 0. The monoisotopic (exact) mass is 304 g/mol. The molecule has 2 N–H and O–H groups in total. The largest absolute Gasteiger partial charge is 0.352 e. The van der Waals surface area contributed by atoms with E-state index in [4.69, 9.17) is 0 Å². The lowest BCUT2D eigenvalue weighted by atomic mass is 9.82. The van der Waals surface area contributed by atoms with Crippen molar-refractivity contribution in [3.8, 4) is 0 Å². The SMILES string of the molecule is CC1(C(=O)NCc2ccc(F)c(F)c2)CCCNC1.Cl. The fourth-order valence-electron chi connectivity index (χ4n) is 2.30. The topological polar surface area (TPSA) is 41.1 Å². The summed E-state index contributed by atoms with van der Waals surface area (Å²) < 4.78 is 25.8. The van der Waals surface area contributed by atoms with E-state index in [2.05, 4.69) is 10.6 Å². The second kappa shape index (κ2) is 6.99. The Morgan fingerprint density at radius 3 is 2.75 bits per heavy atom. The number of amides is 1. The fourth-order valence-corrected chi connectivity index (χ4v) is 2.30. The van der Waals surface area contributed by atoms with Crippen LogP contribution in [-0.4, -0.2) is 19.0 Å². The van der Waals surface area contributed by atoms with Crippen LogP contribution in [0, 0.1) is 17.0 Å². The maximum atomic E-state index is 13.0. The third-order valence-electron chi connectivity index (χ3n) is 3.58. The highest BCUT2D eigenvalue weighted by atomic mass is 35.5. The Labute approximate surface area is 123 Å². The third-order valence-corrected chi connectivity index (χ3v) is 3.58. The van der Waals surface area contributed by atoms with Crippen LogP contribution >= 0.6 is 12.4 Å². The standard InChI is InChI=1S/C14H18F2N2O.ClH/c1-14(5-2-6-17-9-14)13(19)18-8-10-3-4-11(15)12(16)7-10;/h3-4,7,17H,2,5-6,8-9H2,1H3,(H,18,19);1H. The molecule has 1 fully saturated rings. The molecule has 20 heavy (non-hydrogen) atoms. The summed E-state index contributed by atoms with van der Waals surface area (Å²) in [6, 6.07) is 3.65. The molecule has 1 amide bonds. The average molecular weight is 305 g/mol. The zero-order chi connectivity index (χ0) is 13.9. The zero-order valence-corrected chi connectivity index (χ0v) is 12.2. The first-order valence-corrected chi connectivity index (χ1v) is 6.44. The van der Waals surface area contributed by atoms with Gasteiger partial charge in [0.25, 0.3) is 0 Å². The van der Waals surface area contributed by atoms with Gasteiger partial charge in [0.1, 0.15) is 0 Å². The van der Waals surface area contributed by atoms with E-state index in [0.717, 1.165) is 31.5 Å². The molecule has 0 bridgehead atoms. The number of hydrogen-bond donors (Lipinski definition) is 2. The molecule has 0 aromatic heterocycles. The Kier molecular flexibility index (Phi) is 5.89. The quantitative estimate of drug-likeness (QED) is 0.900. The van der Waals surface area contributed by atoms with Gasteiger partial charge in [-0.2, -0.15) is 0 Å². The zero-order valence-electron chi connectivity index (χ0n) is 11.3. The van der Waals surface area contributed by atoms with Crippen LogP contribution in [0.3, 0.4) is 0 Å². The molecule has 2 rings (SSSR count). The molecule has 1 aromatic carbocycles. The van der Waals surface area contributed by atoms with Crippen LogP contribution in [0.5, 0.6) is 0 Å². The molecule has 1 aromatic rings. The minimum Gasteiger partial charge on any atom is -0.352 e. The van der Waals surface area contributed by atoms with E-state index in [0.29, 0.717) is 12.1 Å². The van der Waals surface area contributed by atoms with Gasteiger partial charge in [-0.15, -0.1) is 12.4 Å². The van der Waals surface area contributed by atoms with Crippen molar-refractivity contribution >= 4 is 18.3 Å². The van der Waals surface area contributed by atoms with Gasteiger partial charge >= 0.3 is 0 Å². The van der Waals surface area contributed by atoms with Gasteiger partial charge in [-0.3, -0.25) is 4.79 Å².